The van der Waals surface area contributed by atoms with E-state index in [0.29, 0.717) is 6.04 Å². The number of anilines is 1. The van der Waals surface area contributed by atoms with Crippen LogP contribution in [0.15, 0.2) is 84.4 Å². The second-order valence-electron chi connectivity index (χ2n) is 10.7. The summed E-state index contributed by atoms with van der Waals surface area (Å²) >= 11 is 0. The molecular weight excluding hydrogens is 454 g/mol. The number of ether oxygens (including phenoxy) is 1. The highest BCUT2D eigenvalue weighted by Gasteiger charge is 2.25. The first-order valence-electron chi connectivity index (χ1n) is 14.0. The van der Waals surface area contributed by atoms with Crippen molar-refractivity contribution >= 4 is 11.8 Å². The highest BCUT2D eigenvalue weighted by atomic mass is 16.5. The number of hydrogen-bond donors (Lipinski definition) is 0. The average molecular weight is 494 g/mol. The third-order valence-electron chi connectivity index (χ3n) is 8.22. The van der Waals surface area contributed by atoms with E-state index in [-0.39, 0.29) is 0 Å². The molecule has 192 valence electrons. The summed E-state index contributed by atoms with van der Waals surface area (Å²) in [6.45, 7) is 9.31. The second kappa shape index (κ2) is 11.6. The molecular formula is C33H39N3O. The van der Waals surface area contributed by atoms with Crippen molar-refractivity contribution in [3.05, 3.63) is 107 Å². The SMILES string of the molecule is C1=C(CN2CCCN(C(c3ccccc3)c3ccccc3)CC2)CCc2cc(N3CCOCC3)ccc21. The monoisotopic (exact) mass is 493 g/mol. The minimum atomic E-state index is 0.323. The Morgan fingerprint density at radius 3 is 2.16 bits per heavy atom. The maximum atomic E-state index is 5.53. The molecule has 0 spiro atoms. The summed E-state index contributed by atoms with van der Waals surface area (Å²) < 4.78 is 5.53. The van der Waals surface area contributed by atoms with Gasteiger partial charge in [0.2, 0.25) is 0 Å². The zero-order chi connectivity index (χ0) is 24.9. The van der Waals surface area contributed by atoms with Crippen molar-refractivity contribution in [1.29, 1.82) is 0 Å². The highest BCUT2D eigenvalue weighted by molar-refractivity contribution is 5.64. The molecule has 3 aromatic carbocycles. The molecule has 0 N–H and O–H groups in total. The summed E-state index contributed by atoms with van der Waals surface area (Å²) in [4.78, 5) is 7.85. The Hall–Kier alpha value is -2.92. The average Bonchev–Trinajstić information content (AvgIpc) is 3.20. The van der Waals surface area contributed by atoms with Crippen LogP contribution in [0, 0.1) is 0 Å². The van der Waals surface area contributed by atoms with Gasteiger partial charge in [-0.25, -0.2) is 0 Å². The van der Waals surface area contributed by atoms with Gasteiger partial charge in [-0.2, -0.15) is 0 Å². The standard InChI is InChI=1S/C33H39N3O/c1-3-8-28(9-4-1)33(29-10-5-2-6-11-29)36-17-7-16-34(18-19-36)26-27-12-13-31-25-32(15-14-30(31)24-27)35-20-22-37-23-21-35/h1-6,8-11,14-15,24-25,33H,7,12-13,16-23,26H2. The molecule has 3 aromatic rings. The van der Waals surface area contributed by atoms with Crippen molar-refractivity contribution < 1.29 is 4.74 Å². The van der Waals surface area contributed by atoms with E-state index in [1.165, 1.54) is 47.3 Å². The first-order valence-corrected chi connectivity index (χ1v) is 14.0. The van der Waals surface area contributed by atoms with E-state index in [9.17, 15) is 0 Å². The van der Waals surface area contributed by atoms with Crippen LogP contribution >= 0.6 is 0 Å². The molecule has 2 aliphatic heterocycles. The fraction of sp³-hybridized carbons (Fsp3) is 0.394. The number of rotatable bonds is 6. The summed E-state index contributed by atoms with van der Waals surface area (Å²) in [5.41, 5.74) is 8.65. The zero-order valence-corrected chi connectivity index (χ0v) is 21.9. The number of hydrogen-bond acceptors (Lipinski definition) is 4. The molecule has 2 heterocycles. The molecule has 0 saturated carbocycles. The van der Waals surface area contributed by atoms with E-state index in [4.69, 9.17) is 4.74 Å². The molecule has 4 heteroatoms. The van der Waals surface area contributed by atoms with E-state index in [0.717, 1.165) is 58.9 Å². The molecule has 0 bridgehead atoms. The van der Waals surface area contributed by atoms with Gasteiger partial charge in [-0.1, -0.05) is 78.4 Å². The van der Waals surface area contributed by atoms with Crippen LogP contribution in [0.25, 0.3) is 6.08 Å². The van der Waals surface area contributed by atoms with Crippen LogP contribution in [0.4, 0.5) is 5.69 Å². The van der Waals surface area contributed by atoms with Gasteiger partial charge < -0.3 is 9.64 Å². The number of nitrogens with zero attached hydrogens (tertiary/aromatic N) is 3. The molecule has 6 rings (SSSR count). The lowest BCUT2D eigenvalue weighted by atomic mass is 9.91. The Morgan fingerprint density at radius 2 is 1.43 bits per heavy atom. The predicted molar refractivity (Wildman–Crippen MR) is 153 cm³/mol. The van der Waals surface area contributed by atoms with Crippen molar-refractivity contribution in [2.75, 3.05) is 63.9 Å². The van der Waals surface area contributed by atoms with Gasteiger partial charge in [-0.3, -0.25) is 9.80 Å². The summed E-state index contributed by atoms with van der Waals surface area (Å²) in [5.74, 6) is 0. The maximum absolute atomic E-state index is 5.53. The minimum Gasteiger partial charge on any atom is -0.378 e. The quantitative estimate of drug-likeness (QED) is 0.442. The second-order valence-corrected chi connectivity index (χ2v) is 10.7. The van der Waals surface area contributed by atoms with E-state index < -0.39 is 0 Å². The van der Waals surface area contributed by atoms with Crippen molar-refractivity contribution in [3.8, 4) is 0 Å². The fourth-order valence-electron chi connectivity index (χ4n) is 6.26. The Balaban J connectivity index is 1.12. The number of morpholine rings is 1. The van der Waals surface area contributed by atoms with Crippen LogP contribution in [-0.2, 0) is 11.2 Å². The Morgan fingerprint density at radius 1 is 0.703 bits per heavy atom. The molecule has 0 aromatic heterocycles. The third kappa shape index (κ3) is 5.82. The van der Waals surface area contributed by atoms with Gasteiger partial charge in [0.05, 0.1) is 19.3 Å². The first-order chi connectivity index (χ1) is 18.3. The molecule has 0 atom stereocenters. The summed E-state index contributed by atoms with van der Waals surface area (Å²) in [6, 6.07) is 29.5. The molecule has 3 aliphatic rings. The summed E-state index contributed by atoms with van der Waals surface area (Å²) in [5, 5.41) is 0. The normalized spacial score (nSPS) is 19.4. The van der Waals surface area contributed by atoms with Crippen LogP contribution in [0.3, 0.4) is 0 Å². The van der Waals surface area contributed by atoms with Crippen LogP contribution in [0.1, 0.15) is 41.1 Å². The molecule has 0 radical (unpaired) electrons. The lowest BCUT2D eigenvalue weighted by Crippen LogP contribution is -2.36. The number of fused-ring (bicyclic) bond motifs is 1. The van der Waals surface area contributed by atoms with Crippen molar-refractivity contribution in [1.82, 2.24) is 9.80 Å². The predicted octanol–water partition coefficient (Wildman–Crippen LogP) is 5.65. The Labute approximate surface area is 222 Å². The van der Waals surface area contributed by atoms with Crippen molar-refractivity contribution in [2.24, 2.45) is 0 Å². The maximum Gasteiger partial charge on any atom is 0.0642 e. The van der Waals surface area contributed by atoms with Gasteiger partial charge in [0, 0.05) is 45.0 Å². The molecule has 37 heavy (non-hydrogen) atoms. The van der Waals surface area contributed by atoms with E-state index in [2.05, 4.69) is 99.6 Å². The van der Waals surface area contributed by atoms with Gasteiger partial charge in [-0.05, 0) is 60.2 Å². The molecule has 0 unspecified atom stereocenters. The fourth-order valence-corrected chi connectivity index (χ4v) is 6.26. The smallest absolute Gasteiger partial charge is 0.0642 e. The Kier molecular flexibility index (Phi) is 7.68. The van der Waals surface area contributed by atoms with E-state index in [1.807, 2.05) is 0 Å². The van der Waals surface area contributed by atoms with Gasteiger partial charge >= 0.3 is 0 Å². The summed E-state index contributed by atoms with van der Waals surface area (Å²) in [7, 11) is 0. The lowest BCUT2D eigenvalue weighted by Gasteiger charge is -2.32. The molecule has 2 saturated heterocycles. The molecule has 4 nitrogen and oxygen atoms in total. The van der Waals surface area contributed by atoms with Gasteiger partial charge in [0.1, 0.15) is 0 Å². The van der Waals surface area contributed by atoms with Crippen LogP contribution in [0.2, 0.25) is 0 Å². The highest BCUT2D eigenvalue weighted by Crippen LogP contribution is 2.31. The third-order valence-corrected chi connectivity index (χ3v) is 8.22. The summed E-state index contributed by atoms with van der Waals surface area (Å²) in [6.07, 6.45) is 6.02. The van der Waals surface area contributed by atoms with Gasteiger partial charge in [-0.15, -0.1) is 0 Å². The number of benzene rings is 3. The van der Waals surface area contributed by atoms with Crippen molar-refractivity contribution in [3.63, 3.8) is 0 Å². The van der Waals surface area contributed by atoms with Crippen LogP contribution in [0.5, 0.6) is 0 Å². The molecule has 2 fully saturated rings. The van der Waals surface area contributed by atoms with Crippen LogP contribution < -0.4 is 4.90 Å². The van der Waals surface area contributed by atoms with Crippen LogP contribution in [-0.4, -0.2) is 68.8 Å². The van der Waals surface area contributed by atoms with E-state index in [1.54, 1.807) is 5.57 Å². The lowest BCUT2D eigenvalue weighted by molar-refractivity contribution is 0.122. The van der Waals surface area contributed by atoms with Gasteiger partial charge in [0.25, 0.3) is 0 Å². The largest absolute Gasteiger partial charge is 0.378 e. The molecule has 1 aliphatic carbocycles. The Bertz CT molecular complexity index is 1150. The molecule has 0 amide bonds. The van der Waals surface area contributed by atoms with Gasteiger partial charge in [0.15, 0.2) is 0 Å². The van der Waals surface area contributed by atoms with Crippen molar-refractivity contribution in [2.45, 2.75) is 25.3 Å². The first kappa shape index (κ1) is 24.4. The topological polar surface area (TPSA) is 19.0 Å². The zero-order valence-electron chi connectivity index (χ0n) is 21.9. The minimum absolute atomic E-state index is 0.323. The van der Waals surface area contributed by atoms with E-state index >= 15 is 0 Å². The number of aryl methyl sites for hydroxylation is 1.